The van der Waals surface area contributed by atoms with Crippen LogP contribution in [0.5, 0.6) is 0 Å². The molecule has 20 heavy (non-hydrogen) atoms. The van der Waals surface area contributed by atoms with Crippen molar-refractivity contribution in [2.75, 3.05) is 5.32 Å². The van der Waals surface area contributed by atoms with E-state index in [1.807, 2.05) is 6.07 Å². The van der Waals surface area contributed by atoms with Gasteiger partial charge in [0.05, 0.1) is 12.5 Å². The Kier molecular flexibility index (Phi) is 3.54. The molecule has 2 heterocycles. The van der Waals surface area contributed by atoms with E-state index in [1.54, 1.807) is 17.4 Å². The molecule has 1 unspecified atom stereocenters. The van der Waals surface area contributed by atoms with Gasteiger partial charge in [-0.05, 0) is 41.8 Å². The Balaban J connectivity index is 1.97. The Bertz CT molecular complexity index is 681. The quantitative estimate of drug-likeness (QED) is 0.912. The molecule has 1 amide bonds. The molecule has 2 aromatic rings. The lowest BCUT2D eigenvalue weighted by atomic mass is 10.0. The molecule has 104 valence electrons. The number of amides is 1. The molecule has 1 atom stereocenters. The van der Waals surface area contributed by atoms with E-state index in [2.05, 4.69) is 24.4 Å². The second-order valence-electron chi connectivity index (χ2n) is 4.89. The molecule has 0 aliphatic carbocycles. The third-order valence-corrected chi connectivity index (χ3v) is 5.16. The highest BCUT2D eigenvalue weighted by molar-refractivity contribution is 7.12. The molecule has 3 nitrogen and oxygen atoms in total. The molecule has 0 radical (unpaired) electrons. The van der Waals surface area contributed by atoms with Gasteiger partial charge < -0.3 is 11.1 Å². The highest BCUT2D eigenvalue weighted by atomic mass is 35.5. The number of hydrogen-bond donors (Lipinski definition) is 2. The molecule has 1 aliphatic rings. The van der Waals surface area contributed by atoms with E-state index < -0.39 is 0 Å². The summed E-state index contributed by atoms with van der Waals surface area (Å²) in [6, 6.07) is 7.67. The molecule has 0 saturated heterocycles. The summed E-state index contributed by atoms with van der Waals surface area (Å²) >= 11 is 8.03. The number of nitrogens with two attached hydrogens (primary N) is 1. The number of benzene rings is 1. The van der Waals surface area contributed by atoms with E-state index >= 15 is 0 Å². The fourth-order valence-corrected chi connectivity index (χ4v) is 3.66. The van der Waals surface area contributed by atoms with Crippen molar-refractivity contribution in [3.8, 4) is 0 Å². The van der Waals surface area contributed by atoms with Gasteiger partial charge in [-0.3, -0.25) is 4.79 Å². The number of rotatable bonds is 3. The molecular formula is C15H15ClN2OS. The number of carbonyl (C=O) groups is 1. The zero-order chi connectivity index (χ0) is 14.3. The van der Waals surface area contributed by atoms with Crippen molar-refractivity contribution in [3.63, 3.8) is 0 Å². The third kappa shape index (κ3) is 2.35. The number of carbonyl (C=O) groups excluding carboxylic acids is 1. The van der Waals surface area contributed by atoms with Crippen molar-refractivity contribution in [2.24, 2.45) is 5.73 Å². The molecule has 0 bridgehead atoms. The van der Waals surface area contributed by atoms with Crippen molar-refractivity contribution in [1.82, 2.24) is 0 Å². The Morgan fingerprint density at radius 3 is 2.95 bits per heavy atom. The van der Waals surface area contributed by atoms with E-state index in [1.165, 1.54) is 4.88 Å². The Labute approximate surface area is 126 Å². The first-order valence-electron chi connectivity index (χ1n) is 6.55. The topological polar surface area (TPSA) is 55.1 Å². The molecule has 0 saturated carbocycles. The van der Waals surface area contributed by atoms with Gasteiger partial charge in [0, 0.05) is 20.5 Å². The Morgan fingerprint density at radius 2 is 2.25 bits per heavy atom. The number of hydrogen-bond acceptors (Lipinski definition) is 3. The normalized spacial score (nSPS) is 15.1. The lowest BCUT2D eigenvalue weighted by Gasteiger charge is -2.14. The van der Waals surface area contributed by atoms with Gasteiger partial charge >= 0.3 is 0 Å². The fraction of sp³-hybridized carbons (Fsp3) is 0.267. The molecule has 1 aromatic carbocycles. The van der Waals surface area contributed by atoms with Crippen LogP contribution in [0.2, 0.25) is 5.02 Å². The van der Waals surface area contributed by atoms with Crippen LogP contribution >= 0.6 is 22.9 Å². The number of halogens is 1. The van der Waals surface area contributed by atoms with Gasteiger partial charge in [-0.1, -0.05) is 18.5 Å². The zero-order valence-electron chi connectivity index (χ0n) is 11.1. The van der Waals surface area contributed by atoms with E-state index in [-0.39, 0.29) is 11.9 Å². The van der Waals surface area contributed by atoms with Crippen LogP contribution in [-0.2, 0) is 17.6 Å². The predicted molar refractivity (Wildman–Crippen MR) is 83.5 cm³/mol. The highest BCUT2D eigenvalue weighted by Gasteiger charge is 2.22. The summed E-state index contributed by atoms with van der Waals surface area (Å²) < 4.78 is 0. The summed E-state index contributed by atoms with van der Waals surface area (Å²) in [5.41, 5.74) is 8.99. The monoisotopic (exact) mass is 306 g/mol. The van der Waals surface area contributed by atoms with Gasteiger partial charge in [-0.15, -0.1) is 11.3 Å². The fourth-order valence-electron chi connectivity index (χ4n) is 2.41. The van der Waals surface area contributed by atoms with Crippen LogP contribution in [0.4, 0.5) is 5.69 Å². The van der Waals surface area contributed by atoms with Crippen molar-refractivity contribution in [1.29, 1.82) is 0 Å². The first kappa shape index (κ1) is 13.6. The molecule has 0 fully saturated rings. The second-order valence-corrected chi connectivity index (χ2v) is 6.50. The van der Waals surface area contributed by atoms with Gasteiger partial charge in [0.25, 0.3) is 0 Å². The zero-order valence-corrected chi connectivity index (χ0v) is 12.6. The van der Waals surface area contributed by atoms with Crippen LogP contribution in [-0.4, -0.2) is 5.91 Å². The summed E-state index contributed by atoms with van der Waals surface area (Å²) in [5, 5.41) is 3.40. The largest absolute Gasteiger partial charge is 0.325 e. The van der Waals surface area contributed by atoms with Gasteiger partial charge in [0.1, 0.15) is 0 Å². The molecule has 3 rings (SSSR count). The maximum absolute atomic E-state index is 11.4. The minimum Gasteiger partial charge on any atom is -0.325 e. The van der Waals surface area contributed by atoms with E-state index in [9.17, 15) is 4.79 Å². The van der Waals surface area contributed by atoms with Crippen LogP contribution in [0.1, 0.15) is 33.8 Å². The average molecular weight is 307 g/mol. The maximum Gasteiger partial charge on any atom is 0.228 e. The second kappa shape index (κ2) is 5.20. The number of aryl methyl sites for hydroxylation is 1. The van der Waals surface area contributed by atoms with Crippen LogP contribution in [0.25, 0.3) is 0 Å². The van der Waals surface area contributed by atoms with Gasteiger partial charge in [-0.2, -0.15) is 0 Å². The minimum absolute atomic E-state index is 0.00572. The molecule has 3 N–H and O–H groups in total. The lowest BCUT2D eigenvalue weighted by molar-refractivity contribution is -0.115. The van der Waals surface area contributed by atoms with E-state index in [0.717, 1.165) is 28.1 Å². The van der Waals surface area contributed by atoms with Crippen molar-refractivity contribution in [2.45, 2.75) is 25.8 Å². The SMILES string of the molecule is CCc1ccc(C(N)c2cc3c(cc2Cl)NC(=O)C3)s1. The van der Waals surface area contributed by atoms with Crippen LogP contribution in [0.15, 0.2) is 24.3 Å². The molecule has 1 aliphatic heterocycles. The standard InChI is InChI=1S/C15H15ClN2OS/c1-2-9-3-4-13(20-9)15(17)10-5-8-6-14(19)18-12(8)7-11(10)16/h3-5,7,15H,2,6,17H2,1H3,(H,18,19). The Morgan fingerprint density at radius 1 is 1.45 bits per heavy atom. The number of fused-ring (bicyclic) bond motifs is 1. The predicted octanol–water partition coefficient (Wildman–Crippen LogP) is 3.51. The Hall–Kier alpha value is -1.36. The summed E-state index contributed by atoms with van der Waals surface area (Å²) in [5.74, 6) is 0.00572. The number of thiophene rings is 1. The van der Waals surface area contributed by atoms with Gasteiger partial charge in [-0.25, -0.2) is 0 Å². The van der Waals surface area contributed by atoms with E-state index in [0.29, 0.717) is 11.4 Å². The average Bonchev–Trinajstić information content (AvgIpc) is 3.02. The first-order valence-corrected chi connectivity index (χ1v) is 7.74. The summed E-state index contributed by atoms with van der Waals surface area (Å²) in [7, 11) is 0. The van der Waals surface area contributed by atoms with Crippen molar-refractivity contribution in [3.05, 3.63) is 50.2 Å². The first-order chi connectivity index (χ1) is 9.58. The van der Waals surface area contributed by atoms with Gasteiger partial charge in [0.2, 0.25) is 5.91 Å². The van der Waals surface area contributed by atoms with Crippen molar-refractivity contribution >= 4 is 34.5 Å². The number of nitrogens with one attached hydrogen (secondary N) is 1. The summed E-state index contributed by atoms with van der Waals surface area (Å²) in [6.45, 7) is 2.13. The number of anilines is 1. The molecule has 5 heteroatoms. The summed E-state index contributed by atoms with van der Waals surface area (Å²) in [6.07, 6.45) is 1.41. The minimum atomic E-state index is -0.242. The van der Waals surface area contributed by atoms with Crippen molar-refractivity contribution < 1.29 is 4.79 Å². The maximum atomic E-state index is 11.4. The smallest absolute Gasteiger partial charge is 0.228 e. The third-order valence-electron chi connectivity index (χ3n) is 3.52. The van der Waals surface area contributed by atoms with E-state index in [4.69, 9.17) is 17.3 Å². The summed E-state index contributed by atoms with van der Waals surface area (Å²) in [4.78, 5) is 13.8. The molecular weight excluding hydrogens is 292 g/mol. The molecule has 0 spiro atoms. The van der Waals surface area contributed by atoms with Crippen LogP contribution in [0.3, 0.4) is 0 Å². The highest BCUT2D eigenvalue weighted by Crippen LogP contribution is 2.36. The van der Waals surface area contributed by atoms with Crippen LogP contribution < -0.4 is 11.1 Å². The van der Waals surface area contributed by atoms with Crippen LogP contribution in [0, 0.1) is 0 Å². The van der Waals surface area contributed by atoms with Gasteiger partial charge in [0.15, 0.2) is 0 Å². The molecule has 1 aromatic heterocycles. The lowest BCUT2D eigenvalue weighted by Crippen LogP contribution is -2.11.